The number of aryl methyl sites for hydroxylation is 1. The van der Waals surface area contributed by atoms with E-state index in [1.54, 1.807) is 0 Å². The first-order valence-corrected chi connectivity index (χ1v) is 10.2. The quantitative estimate of drug-likeness (QED) is 0.285. The van der Waals surface area contributed by atoms with E-state index in [9.17, 15) is 0 Å². The first-order chi connectivity index (χ1) is 13.8. The SMILES string of the molecule is Cc1nc(-c2cccc3c2sc2ccccc23)c2ccc3ccccc3c2n1. The summed E-state index contributed by atoms with van der Waals surface area (Å²) >= 11 is 1.84. The van der Waals surface area contributed by atoms with Crippen molar-refractivity contribution in [1.29, 1.82) is 0 Å². The minimum Gasteiger partial charge on any atom is -0.233 e. The lowest BCUT2D eigenvalue weighted by molar-refractivity contribution is 1.10. The Hall–Kier alpha value is -3.30. The molecule has 0 fully saturated rings. The van der Waals surface area contributed by atoms with E-state index in [2.05, 4.69) is 78.9 Å². The molecule has 0 aliphatic rings. The molecule has 28 heavy (non-hydrogen) atoms. The Morgan fingerprint density at radius 1 is 0.643 bits per heavy atom. The molecule has 0 saturated carbocycles. The summed E-state index contributed by atoms with van der Waals surface area (Å²) in [7, 11) is 0. The molecule has 0 saturated heterocycles. The van der Waals surface area contributed by atoms with Gasteiger partial charge in [-0.3, -0.25) is 0 Å². The van der Waals surface area contributed by atoms with Gasteiger partial charge in [-0.2, -0.15) is 0 Å². The first kappa shape index (κ1) is 15.7. The van der Waals surface area contributed by atoms with E-state index in [0.717, 1.165) is 22.4 Å². The molecule has 2 nitrogen and oxygen atoms in total. The van der Waals surface area contributed by atoms with Crippen LogP contribution in [0.4, 0.5) is 0 Å². The number of aromatic nitrogens is 2. The highest BCUT2D eigenvalue weighted by atomic mass is 32.1. The molecule has 132 valence electrons. The predicted molar refractivity (Wildman–Crippen MR) is 120 cm³/mol. The second kappa shape index (κ2) is 5.85. The number of hydrogen-bond donors (Lipinski definition) is 0. The lowest BCUT2D eigenvalue weighted by Crippen LogP contribution is -1.95. The Morgan fingerprint density at radius 3 is 2.36 bits per heavy atom. The summed E-state index contributed by atoms with van der Waals surface area (Å²) in [4.78, 5) is 9.70. The zero-order valence-electron chi connectivity index (χ0n) is 15.3. The summed E-state index contributed by atoms with van der Waals surface area (Å²) in [5, 5.41) is 6.09. The zero-order valence-corrected chi connectivity index (χ0v) is 16.1. The average molecular weight is 376 g/mol. The van der Waals surface area contributed by atoms with Gasteiger partial charge >= 0.3 is 0 Å². The van der Waals surface area contributed by atoms with Gasteiger partial charge < -0.3 is 0 Å². The Bertz CT molecular complexity index is 1530. The van der Waals surface area contributed by atoms with Crippen molar-refractivity contribution >= 4 is 53.2 Å². The molecule has 0 radical (unpaired) electrons. The Kier molecular flexibility index (Phi) is 3.28. The van der Waals surface area contributed by atoms with Crippen LogP contribution in [-0.2, 0) is 0 Å². The maximum absolute atomic E-state index is 4.89. The van der Waals surface area contributed by atoms with Crippen LogP contribution in [0.2, 0.25) is 0 Å². The summed E-state index contributed by atoms with van der Waals surface area (Å²) in [6.07, 6.45) is 0. The summed E-state index contributed by atoms with van der Waals surface area (Å²) < 4.78 is 2.60. The van der Waals surface area contributed by atoms with E-state index in [0.29, 0.717) is 0 Å². The maximum atomic E-state index is 4.89. The number of rotatable bonds is 1. The fraction of sp³-hybridized carbons (Fsp3) is 0.0400. The summed E-state index contributed by atoms with van der Waals surface area (Å²) in [6.45, 7) is 1.98. The van der Waals surface area contributed by atoms with Crippen LogP contribution >= 0.6 is 11.3 Å². The fourth-order valence-electron chi connectivity index (χ4n) is 4.11. The number of thiophene rings is 1. The van der Waals surface area contributed by atoms with Crippen molar-refractivity contribution in [2.45, 2.75) is 6.92 Å². The van der Waals surface area contributed by atoms with Crippen molar-refractivity contribution in [1.82, 2.24) is 9.97 Å². The molecule has 0 amide bonds. The van der Waals surface area contributed by atoms with Gasteiger partial charge in [0.1, 0.15) is 5.82 Å². The lowest BCUT2D eigenvalue weighted by Gasteiger charge is -2.10. The third-order valence-corrected chi connectivity index (χ3v) is 6.58. The molecule has 0 spiro atoms. The van der Waals surface area contributed by atoms with Gasteiger partial charge in [0, 0.05) is 36.5 Å². The molecule has 0 aliphatic carbocycles. The van der Waals surface area contributed by atoms with Gasteiger partial charge in [-0.15, -0.1) is 11.3 Å². The van der Waals surface area contributed by atoms with Crippen molar-refractivity contribution in [2.24, 2.45) is 0 Å². The summed E-state index contributed by atoms with van der Waals surface area (Å²) in [5.41, 5.74) is 3.23. The van der Waals surface area contributed by atoms with Gasteiger partial charge in [-0.25, -0.2) is 9.97 Å². The van der Waals surface area contributed by atoms with Crippen LogP contribution in [0.15, 0.2) is 78.9 Å². The summed E-state index contributed by atoms with van der Waals surface area (Å²) in [5.74, 6) is 0.803. The molecule has 0 atom stereocenters. The maximum Gasteiger partial charge on any atom is 0.126 e. The van der Waals surface area contributed by atoms with Crippen LogP contribution in [-0.4, -0.2) is 9.97 Å². The summed E-state index contributed by atoms with van der Waals surface area (Å²) in [6, 6.07) is 27.9. The van der Waals surface area contributed by atoms with Crippen LogP contribution in [0.1, 0.15) is 5.82 Å². The Balaban J connectivity index is 1.77. The Labute approximate surface area is 166 Å². The zero-order chi connectivity index (χ0) is 18.7. The number of hydrogen-bond acceptors (Lipinski definition) is 3. The van der Waals surface area contributed by atoms with Crippen LogP contribution in [0, 0.1) is 6.92 Å². The third kappa shape index (κ3) is 2.20. The molecule has 0 unspecified atom stereocenters. The van der Waals surface area contributed by atoms with Gasteiger partial charge in [0.25, 0.3) is 0 Å². The van der Waals surface area contributed by atoms with E-state index in [-0.39, 0.29) is 0 Å². The second-order valence-electron chi connectivity index (χ2n) is 7.08. The molecule has 2 heterocycles. The van der Waals surface area contributed by atoms with Crippen molar-refractivity contribution in [3.63, 3.8) is 0 Å². The van der Waals surface area contributed by atoms with Gasteiger partial charge in [0.15, 0.2) is 0 Å². The average Bonchev–Trinajstić information content (AvgIpc) is 3.12. The van der Waals surface area contributed by atoms with Crippen LogP contribution in [0.5, 0.6) is 0 Å². The predicted octanol–water partition coefficient (Wildman–Crippen LogP) is 7.13. The van der Waals surface area contributed by atoms with Crippen molar-refractivity contribution in [2.75, 3.05) is 0 Å². The highest BCUT2D eigenvalue weighted by Crippen LogP contribution is 2.41. The van der Waals surface area contributed by atoms with Gasteiger partial charge in [0.05, 0.1) is 11.2 Å². The van der Waals surface area contributed by atoms with Crippen molar-refractivity contribution < 1.29 is 0 Å². The van der Waals surface area contributed by atoms with E-state index >= 15 is 0 Å². The smallest absolute Gasteiger partial charge is 0.126 e. The van der Waals surface area contributed by atoms with Crippen molar-refractivity contribution in [3.05, 3.63) is 84.7 Å². The highest BCUT2D eigenvalue weighted by molar-refractivity contribution is 7.26. The monoisotopic (exact) mass is 376 g/mol. The van der Waals surface area contributed by atoms with E-state index in [1.165, 1.54) is 36.5 Å². The molecule has 4 aromatic carbocycles. The number of nitrogens with zero attached hydrogens (tertiary/aromatic N) is 2. The molecule has 0 bridgehead atoms. The second-order valence-corrected chi connectivity index (χ2v) is 8.13. The molecule has 6 aromatic rings. The van der Waals surface area contributed by atoms with Crippen LogP contribution in [0.25, 0.3) is 53.1 Å². The highest BCUT2D eigenvalue weighted by Gasteiger charge is 2.15. The minimum absolute atomic E-state index is 0.803. The Morgan fingerprint density at radius 2 is 1.43 bits per heavy atom. The van der Waals surface area contributed by atoms with Crippen molar-refractivity contribution in [3.8, 4) is 11.3 Å². The van der Waals surface area contributed by atoms with Crippen LogP contribution < -0.4 is 0 Å². The molecule has 3 heteroatoms. The van der Waals surface area contributed by atoms with E-state index < -0.39 is 0 Å². The normalized spacial score (nSPS) is 11.8. The molecular formula is C25H16N2S. The number of fused-ring (bicyclic) bond motifs is 6. The van der Waals surface area contributed by atoms with E-state index in [1.807, 2.05) is 18.3 Å². The minimum atomic E-state index is 0.803. The molecule has 2 aromatic heterocycles. The largest absolute Gasteiger partial charge is 0.233 e. The molecule has 0 N–H and O–H groups in total. The molecular weight excluding hydrogens is 360 g/mol. The van der Waals surface area contributed by atoms with Gasteiger partial charge in [-0.05, 0) is 24.4 Å². The first-order valence-electron chi connectivity index (χ1n) is 9.36. The molecule has 0 aliphatic heterocycles. The standard InChI is InChI=1S/C25H16N2S/c1-15-26-23-17-8-3-2-7-16(17)13-14-20(23)24(27-15)21-11-6-10-19-18-9-4-5-12-22(18)28-25(19)21/h2-14H,1H3. The van der Waals surface area contributed by atoms with E-state index in [4.69, 9.17) is 9.97 Å². The third-order valence-electron chi connectivity index (χ3n) is 5.36. The van der Waals surface area contributed by atoms with Gasteiger partial charge in [0.2, 0.25) is 0 Å². The topological polar surface area (TPSA) is 25.8 Å². The van der Waals surface area contributed by atoms with Crippen LogP contribution in [0.3, 0.4) is 0 Å². The van der Waals surface area contributed by atoms with Gasteiger partial charge in [-0.1, -0.05) is 66.7 Å². The lowest BCUT2D eigenvalue weighted by atomic mass is 10.0. The fourth-order valence-corrected chi connectivity index (χ4v) is 5.33. The number of benzene rings is 4. The molecule has 6 rings (SSSR count).